The molecule has 0 radical (unpaired) electrons. The lowest BCUT2D eigenvalue weighted by Gasteiger charge is -2.30. The number of carboxylic acids is 1. The molecule has 0 aromatic heterocycles. The number of cyclic esters (lactones) is 1. The second kappa shape index (κ2) is 5.53. The third-order valence-electron chi connectivity index (χ3n) is 3.75. The topological polar surface area (TPSA) is 107 Å². The Labute approximate surface area is 130 Å². The van der Waals surface area contributed by atoms with Gasteiger partial charge in [0.1, 0.15) is 12.0 Å². The average Bonchev–Trinajstić information content (AvgIpc) is 2.54. The second-order valence-corrected chi connectivity index (χ2v) is 5.08. The van der Waals surface area contributed by atoms with Gasteiger partial charge in [-0.3, -0.25) is 14.9 Å². The molecule has 7 heteroatoms. The normalized spacial score (nSPS) is 19.6. The molecule has 116 valence electrons. The van der Waals surface area contributed by atoms with Gasteiger partial charge in [-0.1, -0.05) is 18.2 Å². The van der Waals surface area contributed by atoms with Crippen LogP contribution in [-0.2, 0) is 9.53 Å². The molecule has 2 aromatic carbocycles. The molecule has 0 saturated carbocycles. The van der Waals surface area contributed by atoms with Crippen molar-refractivity contribution >= 4 is 17.6 Å². The van der Waals surface area contributed by atoms with Crippen molar-refractivity contribution in [2.75, 3.05) is 0 Å². The zero-order valence-corrected chi connectivity index (χ0v) is 11.7. The van der Waals surface area contributed by atoms with Gasteiger partial charge in [-0.15, -0.1) is 0 Å². The third-order valence-corrected chi connectivity index (χ3v) is 3.75. The number of non-ortho nitro benzene ring substituents is 1. The number of carbonyl (C=O) groups is 2. The summed E-state index contributed by atoms with van der Waals surface area (Å²) in [6, 6.07) is 11.7. The average molecular weight is 313 g/mol. The van der Waals surface area contributed by atoms with Crippen LogP contribution in [0.1, 0.15) is 33.5 Å². The van der Waals surface area contributed by atoms with E-state index in [-0.39, 0.29) is 11.3 Å². The molecule has 0 fully saturated rings. The van der Waals surface area contributed by atoms with Crippen LogP contribution in [0.5, 0.6) is 0 Å². The van der Waals surface area contributed by atoms with Crippen molar-refractivity contribution in [3.05, 3.63) is 75.3 Å². The fourth-order valence-electron chi connectivity index (χ4n) is 2.67. The fraction of sp³-hybridized carbons (Fsp3) is 0.125. The predicted molar refractivity (Wildman–Crippen MR) is 78.1 cm³/mol. The van der Waals surface area contributed by atoms with Crippen molar-refractivity contribution in [3.63, 3.8) is 0 Å². The van der Waals surface area contributed by atoms with Gasteiger partial charge in [-0.25, -0.2) is 4.79 Å². The molecule has 1 aliphatic rings. The number of nitro groups is 1. The van der Waals surface area contributed by atoms with Gasteiger partial charge in [0.2, 0.25) is 0 Å². The number of carbonyl (C=O) groups excluding carboxylic acids is 1. The van der Waals surface area contributed by atoms with Crippen LogP contribution < -0.4 is 0 Å². The second-order valence-electron chi connectivity index (χ2n) is 5.08. The molecule has 2 aromatic rings. The summed E-state index contributed by atoms with van der Waals surface area (Å²) in [6.45, 7) is 0. The van der Waals surface area contributed by atoms with Crippen LogP contribution in [0, 0.1) is 10.1 Å². The van der Waals surface area contributed by atoms with Crippen LogP contribution in [0.4, 0.5) is 5.69 Å². The van der Waals surface area contributed by atoms with Crippen molar-refractivity contribution in [1.29, 1.82) is 0 Å². The van der Waals surface area contributed by atoms with Gasteiger partial charge in [0.05, 0.1) is 10.5 Å². The van der Waals surface area contributed by atoms with E-state index in [0.29, 0.717) is 11.1 Å². The Morgan fingerprint density at radius 1 is 1.13 bits per heavy atom. The number of rotatable bonds is 3. The van der Waals surface area contributed by atoms with Gasteiger partial charge >= 0.3 is 11.9 Å². The molecule has 1 N–H and O–H groups in total. The van der Waals surface area contributed by atoms with Crippen molar-refractivity contribution in [2.24, 2.45) is 0 Å². The Hall–Kier alpha value is -3.22. The van der Waals surface area contributed by atoms with Gasteiger partial charge < -0.3 is 9.84 Å². The summed E-state index contributed by atoms with van der Waals surface area (Å²) in [6.07, 6.45) is -1.03. The Kier molecular flexibility index (Phi) is 3.53. The minimum atomic E-state index is -1.13. The summed E-state index contributed by atoms with van der Waals surface area (Å²) in [5.74, 6) is -2.81. The molecule has 0 unspecified atom stereocenters. The molecule has 23 heavy (non-hydrogen) atoms. The van der Waals surface area contributed by atoms with Crippen molar-refractivity contribution in [1.82, 2.24) is 0 Å². The number of benzene rings is 2. The highest BCUT2D eigenvalue weighted by atomic mass is 16.6. The zero-order chi connectivity index (χ0) is 16.6. The third kappa shape index (κ3) is 2.52. The highest BCUT2D eigenvalue weighted by Crippen LogP contribution is 2.41. The van der Waals surface area contributed by atoms with E-state index in [4.69, 9.17) is 4.74 Å². The van der Waals surface area contributed by atoms with Crippen LogP contribution in [0.15, 0.2) is 48.5 Å². The van der Waals surface area contributed by atoms with E-state index in [0.717, 1.165) is 0 Å². The van der Waals surface area contributed by atoms with E-state index in [1.54, 1.807) is 18.2 Å². The molecule has 0 bridgehead atoms. The van der Waals surface area contributed by atoms with Crippen molar-refractivity contribution in [2.45, 2.75) is 12.0 Å². The van der Waals surface area contributed by atoms with Gasteiger partial charge in [0.15, 0.2) is 0 Å². The Bertz CT molecular complexity index is 798. The first-order chi connectivity index (χ1) is 11.0. The number of carboxylic acid groups (broad SMARTS) is 1. The maximum Gasteiger partial charge on any atom is 0.339 e. The van der Waals surface area contributed by atoms with Gasteiger partial charge in [0, 0.05) is 12.1 Å². The number of nitro benzene ring substituents is 1. The highest BCUT2D eigenvalue weighted by Gasteiger charge is 2.41. The summed E-state index contributed by atoms with van der Waals surface area (Å²) < 4.78 is 5.28. The number of nitrogens with zero attached hydrogens (tertiary/aromatic N) is 1. The molecule has 2 atom stereocenters. The van der Waals surface area contributed by atoms with Crippen molar-refractivity contribution in [3.8, 4) is 0 Å². The maximum absolute atomic E-state index is 12.1. The summed E-state index contributed by atoms with van der Waals surface area (Å²) in [5, 5.41) is 20.2. The molecule has 0 amide bonds. The smallest absolute Gasteiger partial charge is 0.339 e. The molecular weight excluding hydrogens is 302 g/mol. The molecule has 0 aliphatic carbocycles. The summed E-state index contributed by atoms with van der Waals surface area (Å²) >= 11 is 0. The lowest BCUT2D eigenvalue weighted by atomic mass is 9.84. The number of fused-ring (bicyclic) bond motifs is 1. The standard InChI is InChI=1S/C16H11NO6/c18-15(19)13-11-3-1-2-4-12(11)16(20)23-14(13)9-5-7-10(8-6-9)17(21)22/h1-8,13-14H,(H,18,19)/t13-,14+/m0/s1. The molecular formula is C16H11NO6. The highest BCUT2D eigenvalue weighted by molar-refractivity contribution is 5.96. The minimum Gasteiger partial charge on any atom is -0.481 e. The van der Waals surface area contributed by atoms with Crippen LogP contribution in [-0.4, -0.2) is 22.0 Å². The number of hydrogen-bond donors (Lipinski definition) is 1. The largest absolute Gasteiger partial charge is 0.481 e. The lowest BCUT2D eigenvalue weighted by Crippen LogP contribution is -2.31. The van der Waals surface area contributed by atoms with Crippen LogP contribution >= 0.6 is 0 Å². The van der Waals surface area contributed by atoms with Gasteiger partial charge in [0.25, 0.3) is 5.69 Å². The molecule has 3 rings (SSSR count). The van der Waals surface area contributed by atoms with Crippen molar-refractivity contribution < 1.29 is 24.4 Å². The fourth-order valence-corrected chi connectivity index (χ4v) is 2.67. The van der Waals surface area contributed by atoms with Gasteiger partial charge in [-0.05, 0) is 29.3 Å². The Morgan fingerprint density at radius 2 is 1.78 bits per heavy atom. The SMILES string of the molecule is O=C1O[C@H](c2ccc([N+](=O)[O-])cc2)[C@@H](C(=O)O)c2ccccc21. The van der Waals surface area contributed by atoms with E-state index in [1.807, 2.05) is 0 Å². The van der Waals surface area contributed by atoms with Crippen LogP contribution in [0.3, 0.4) is 0 Å². The number of ether oxygens (including phenoxy) is 1. The first-order valence-electron chi connectivity index (χ1n) is 6.76. The Morgan fingerprint density at radius 3 is 2.39 bits per heavy atom. The molecule has 1 aliphatic heterocycles. The summed E-state index contributed by atoms with van der Waals surface area (Å²) in [5.41, 5.74) is 0.867. The van der Waals surface area contributed by atoms with E-state index in [9.17, 15) is 24.8 Å². The van der Waals surface area contributed by atoms with E-state index in [2.05, 4.69) is 0 Å². The first kappa shape index (κ1) is 14.7. The lowest BCUT2D eigenvalue weighted by molar-refractivity contribution is -0.384. The van der Waals surface area contributed by atoms with E-state index >= 15 is 0 Å². The first-order valence-corrected chi connectivity index (χ1v) is 6.76. The zero-order valence-electron chi connectivity index (χ0n) is 11.7. The number of aliphatic carboxylic acids is 1. The predicted octanol–water partition coefficient (Wildman–Crippen LogP) is 2.67. The molecule has 0 spiro atoms. The summed E-state index contributed by atoms with van der Waals surface area (Å²) in [4.78, 5) is 33.9. The number of esters is 1. The van der Waals surface area contributed by atoms with Crippen LogP contribution in [0.2, 0.25) is 0 Å². The maximum atomic E-state index is 12.1. The van der Waals surface area contributed by atoms with Gasteiger partial charge in [-0.2, -0.15) is 0 Å². The monoisotopic (exact) mass is 313 g/mol. The van der Waals surface area contributed by atoms with E-state index in [1.165, 1.54) is 30.3 Å². The quantitative estimate of drug-likeness (QED) is 0.530. The Balaban J connectivity index is 2.06. The van der Waals surface area contributed by atoms with E-state index < -0.39 is 28.9 Å². The number of hydrogen-bond acceptors (Lipinski definition) is 5. The molecule has 0 saturated heterocycles. The molecule has 7 nitrogen and oxygen atoms in total. The summed E-state index contributed by atoms with van der Waals surface area (Å²) in [7, 11) is 0. The van der Waals surface area contributed by atoms with Crippen LogP contribution in [0.25, 0.3) is 0 Å². The minimum absolute atomic E-state index is 0.122. The molecule has 1 heterocycles.